The zero-order valence-corrected chi connectivity index (χ0v) is 11.7. The molecule has 2 aliphatic rings. The third kappa shape index (κ3) is 2.53. The minimum Gasteiger partial charge on any atom is -0.353 e. The van der Waals surface area contributed by atoms with Crippen molar-refractivity contribution in [3.05, 3.63) is 0 Å². The number of hydrogen-bond donors (Lipinski definition) is 1. The van der Waals surface area contributed by atoms with Crippen LogP contribution in [0, 0.1) is 5.92 Å². The summed E-state index contributed by atoms with van der Waals surface area (Å²) in [6, 6.07) is -0.608. The minimum absolute atomic E-state index is 0.213. The van der Waals surface area contributed by atoms with Gasteiger partial charge in [0.2, 0.25) is 5.91 Å². The molecule has 0 aliphatic carbocycles. The number of carbonyl (C=O) groups excluding carboxylic acids is 1. The molecule has 1 unspecified atom stereocenters. The van der Waals surface area contributed by atoms with Crippen LogP contribution in [-0.2, 0) is 15.0 Å². The first kappa shape index (κ1) is 13.8. The van der Waals surface area contributed by atoms with Crippen molar-refractivity contribution in [1.82, 2.24) is 13.9 Å². The van der Waals surface area contributed by atoms with Crippen LogP contribution in [0.2, 0.25) is 0 Å². The first-order valence-electron chi connectivity index (χ1n) is 6.47. The quantitative estimate of drug-likeness (QED) is 0.757. The summed E-state index contributed by atoms with van der Waals surface area (Å²) in [5, 5.41) is 2.68. The van der Waals surface area contributed by atoms with Gasteiger partial charge in [0.1, 0.15) is 6.04 Å². The van der Waals surface area contributed by atoms with E-state index < -0.39 is 16.3 Å². The number of hydrogen-bond acceptors (Lipinski definition) is 3. The molecular formula is C11H21N3O3S. The Hall–Kier alpha value is -0.660. The Bertz CT molecular complexity index is 415. The summed E-state index contributed by atoms with van der Waals surface area (Å²) >= 11 is 0. The first-order chi connectivity index (χ1) is 8.43. The highest BCUT2D eigenvalue weighted by Crippen LogP contribution is 2.22. The van der Waals surface area contributed by atoms with Gasteiger partial charge in [0.15, 0.2) is 0 Å². The number of carbonyl (C=O) groups is 1. The predicted molar refractivity (Wildman–Crippen MR) is 68.1 cm³/mol. The highest BCUT2D eigenvalue weighted by Gasteiger charge is 2.38. The summed E-state index contributed by atoms with van der Waals surface area (Å²) in [6.45, 7) is 5.66. The van der Waals surface area contributed by atoms with Gasteiger partial charge in [-0.05, 0) is 25.7 Å². The third-order valence-corrected chi connectivity index (χ3v) is 5.92. The Balaban J connectivity index is 2.12. The second-order valence-electron chi connectivity index (χ2n) is 5.17. The topological polar surface area (TPSA) is 69.7 Å². The number of rotatable bonds is 2. The summed E-state index contributed by atoms with van der Waals surface area (Å²) in [7, 11) is -3.48. The van der Waals surface area contributed by atoms with Gasteiger partial charge in [-0.3, -0.25) is 4.79 Å². The highest BCUT2D eigenvalue weighted by atomic mass is 32.2. The van der Waals surface area contributed by atoms with Crippen LogP contribution in [-0.4, -0.2) is 55.2 Å². The van der Waals surface area contributed by atoms with Crippen LogP contribution in [0.3, 0.4) is 0 Å². The van der Waals surface area contributed by atoms with Crippen molar-refractivity contribution in [3.63, 3.8) is 0 Å². The van der Waals surface area contributed by atoms with Crippen molar-refractivity contribution in [2.45, 2.75) is 32.7 Å². The van der Waals surface area contributed by atoms with E-state index in [9.17, 15) is 13.2 Å². The highest BCUT2D eigenvalue weighted by molar-refractivity contribution is 7.86. The molecular weight excluding hydrogens is 254 g/mol. The molecule has 0 aromatic rings. The Kier molecular flexibility index (Phi) is 3.93. The fourth-order valence-corrected chi connectivity index (χ4v) is 4.23. The van der Waals surface area contributed by atoms with Crippen molar-refractivity contribution in [2.75, 3.05) is 26.2 Å². The summed E-state index contributed by atoms with van der Waals surface area (Å²) in [6.07, 6.45) is 1.79. The Morgan fingerprint density at radius 2 is 1.78 bits per heavy atom. The monoisotopic (exact) mass is 275 g/mol. The molecule has 1 atom stereocenters. The van der Waals surface area contributed by atoms with Gasteiger partial charge in [-0.25, -0.2) is 0 Å². The molecule has 2 rings (SSSR count). The Morgan fingerprint density at radius 1 is 1.17 bits per heavy atom. The van der Waals surface area contributed by atoms with Gasteiger partial charge in [0.05, 0.1) is 0 Å². The molecule has 2 heterocycles. The second-order valence-corrected chi connectivity index (χ2v) is 7.05. The Labute approximate surface area is 109 Å². The van der Waals surface area contributed by atoms with Gasteiger partial charge in [0, 0.05) is 26.2 Å². The fourth-order valence-electron chi connectivity index (χ4n) is 2.44. The number of piperazine rings is 1. The lowest BCUT2D eigenvalue weighted by atomic mass is 10.0. The number of nitrogens with one attached hydrogen (secondary N) is 1. The van der Waals surface area contributed by atoms with Crippen molar-refractivity contribution < 1.29 is 13.2 Å². The smallest absolute Gasteiger partial charge is 0.282 e. The average molecular weight is 275 g/mol. The molecule has 104 valence electrons. The maximum atomic E-state index is 12.5. The molecule has 0 bridgehead atoms. The second kappa shape index (κ2) is 5.14. The molecule has 7 heteroatoms. The standard InChI is InChI=1S/C11H21N3O3S/c1-9-3-6-13(7-4-9)18(16,17)14-8-5-12-11(15)10(14)2/h9-10H,3-8H2,1-2H3,(H,12,15). The van der Waals surface area contributed by atoms with Gasteiger partial charge < -0.3 is 5.32 Å². The van der Waals surface area contributed by atoms with Gasteiger partial charge in [-0.1, -0.05) is 6.92 Å². The van der Waals surface area contributed by atoms with Crippen LogP contribution in [0.15, 0.2) is 0 Å². The molecule has 0 spiro atoms. The van der Waals surface area contributed by atoms with E-state index in [4.69, 9.17) is 0 Å². The van der Waals surface area contributed by atoms with E-state index >= 15 is 0 Å². The van der Waals surface area contributed by atoms with Crippen molar-refractivity contribution in [1.29, 1.82) is 0 Å². The van der Waals surface area contributed by atoms with E-state index in [1.807, 2.05) is 0 Å². The summed E-state index contributed by atoms with van der Waals surface area (Å²) < 4.78 is 27.8. The maximum Gasteiger partial charge on any atom is 0.282 e. The van der Waals surface area contributed by atoms with E-state index in [-0.39, 0.29) is 5.91 Å². The minimum atomic E-state index is -3.48. The van der Waals surface area contributed by atoms with E-state index in [1.165, 1.54) is 8.61 Å². The molecule has 2 saturated heterocycles. The van der Waals surface area contributed by atoms with Gasteiger partial charge in [-0.2, -0.15) is 17.0 Å². The lowest BCUT2D eigenvalue weighted by molar-refractivity contribution is -0.126. The molecule has 0 saturated carbocycles. The zero-order valence-electron chi connectivity index (χ0n) is 10.9. The summed E-state index contributed by atoms with van der Waals surface area (Å²) in [4.78, 5) is 11.6. The van der Waals surface area contributed by atoms with Crippen LogP contribution in [0.1, 0.15) is 26.7 Å². The normalized spacial score (nSPS) is 29.2. The van der Waals surface area contributed by atoms with Crippen LogP contribution in [0.4, 0.5) is 0 Å². The lowest BCUT2D eigenvalue weighted by Gasteiger charge is -2.38. The molecule has 2 fully saturated rings. The van der Waals surface area contributed by atoms with E-state index in [2.05, 4.69) is 12.2 Å². The van der Waals surface area contributed by atoms with Crippen molar-refractivity contribution >= 4 is 16.1 Å². The molecule has 2 aliphatic heterocycles. The van der Waals surface area contributed by atoms with Crippen LogP contribution >= 0.6 is 0 Å². The van der Waals surface area contributed by atoms with Gasteiger partial charge in [-0.15, -0.1) is 0 Å². The number of nitrogens with zero attached hydrogens (tertiary/aromatic N) is 2. The molecule has 0 aromatic heterocycles. The van der Waals surface area contributed by atoms with E-state index in [0.717, 1.165) is 12.8 Å². The fraction of sp³-hybridized carbons (Fsp3) is 0.909. The zero-order chi connectivity index (χ0) is 13.3. The lowest BCUT2D eigenvalue weighted by Crippen LogP contribution is -2.59. The van der Waals surface area contributed by atoms with Crippen LogP contribution < -0.4 is 5.32 Å². The van der Waals surface area contributed by atoms with Gasteiger partial charge in [0.25, 0.3) is 10.2 Å². The third-order valence-electron chi connectivity index (χ3n) is 3.81. The molecule has 0 aromatic carbocycles. The molecule has 1 N–H and O–H groups in total. The molecule has 6 nitrogen and oxygen atoms in total. The van der Waals surface area contributed by atoms with E-state index in [1.54, 1.807) is 6.92 Å². The molecule has 18 heavy (non-hydrogen) atoms. The van der Waals surface area contributed by atoms with Crippen molar-refractivity contribution in [2.24, 2.45) is 5.92 Å². The predicted octanol–water partition coefficient (Wildman–Crippen LogP) is -0.217. The first-order valence-corrected chi connectivity index (χ1v) is 7.87. The SMILES string of the molecule is CC1CCN(S(=O)(=O)N2CCNC(=O)C2C)CC1. The van der Waals surface area contributed by atoms with Crippen LogP contribution in [0.25, 0.3) is 0 Å². The van der Waals surface area contributed by atoms with Crippen molar-refractivity contribution in [3.8, 4) is 0 Å². The average Bonchev–Trinajstić information content (AvgIpc) is 2.33. The Morgan fingerprint density at radius 3 is 2.39 bits per heavy atom. The van der Waals surface area contributed by atoms with E-state index in [0.29, 0.717) is 32.1 Å². The molecule has 0 radical (unpaired) electrons. The largest absolute Gasteiger partial charge is 0.353 e. The molecule has 1 amide bonds. The van der Waals surface area contributed by atoms with Crippen LogP contribution in [0.5, 0.6) is 0 Å². The van der Waals surface area contributed by atoms with Gasteiger partial charge >= 0.3 is 0 Å². The summed E-state index contributed by atoms with van der Waals surface area (Å²) in [5.74, 6) is 0.369. The maximum absolute atomic E-state index is 12.5. The number of amides is 1. The summed E-state index contributed by atoms with van der Waals surface area (Å²) in [5.41, 5.74) is 0. The number of piperidine rings is 1.